The lowest BCUT2D eigenvalue weighted by Gasteiger charge is -2.51. The molecule has 0 N–H and O–H groups in total. The molecule has 1 aromatic heterocycles. The summed E-state index contributed by atoms with van der Waals surface area (Å²) in [5, 5.41) is 0. The molecule has 0 spiro atoms. The maximum Gasteiger partial charge on any atom is 0.417 e. The molecule has 0 saturated heterocycles. The van der Waals surface area contributed by atoms with Crippen LogP contribution in [0.5, 0.6) is 0 Å². The van der Waals surface area contributed by atoms with Crippen molar-refractivity contribution < 1.29 is 27.5 Å². The highest BCUT2D eigenvalue weighted by Gasteiger charge is 2.55. The number of hydrogen-bond acceptors (Lipinski definition) is 4. The summed E-state index contributed by atoms with van der Waals surface area (Å²) in [5.74, 6) is 1.00. The number of halogens is 3. The first-order valence-corrected chi connectivity index (χ1v) is 14.8. The van der Waals surface area contributed by atoms with E-state index < -0.39 is 17.3 Å². The Bertz CT molecular complexity index is 1320. The molecule has 0 aliphatic heterocycles. The Labute approximate surface area is 240 Å². The van der Waals surface area contributed by atoms with Crippen LogP contribution < -0.4 is 0 Å². The lowest BCUT2D eigenvalue weighted by atomic mass is 9.53. The highest BCUT2D eigenvalue weighted by Crippen LogP contribution is 2.65. The molecule has 222 valence electrons. The molecule has 5 atom stereocenters. The van der Waals surface area contributed by atoms with E-state index in [9.17, 15) is 22.8 Å². The lowest BCUT2D eigenvalue weighted by Crippen LogP contribution is -2.41. The molecule has 5 rings (SSSR count). The van der Waals surface area contributed by atoms with Crippen LogP contribution in [-0.4, -0.2) is 41.0 Å². The van der Waals surface area contributed by atoms with Gasteiger partial charge in [0.15, 0.2) is 0 Å². The van der Waals surface area contributed by atoms with Crippen LogP contribution in [0.4, 0.5) is 13.2 Å². The Morgan fingerprint density at radius 1 is 1.07 bits per heavy atom. The van der Waals surface area contributed by atoms with Crippen LogP contribution in [0.2, 0.25) is 0 Å². The van der Waals surface area contributed by atoms with E-state index in [0.29, 0.717) is 29.9 Å². The Hall–Kier alpha value is -2.90. The minimum atomic E-state index is -4.39. The molecular formula is C33H41F3N2O3. The number of ether oxygens (including phenoxy) is 1. The molecule has 3 aliphatic carbocycles. The minimum Gasteiger partial charge on any atom is -0.460 e. The standard InChI is InChI=1S/C33H41F3N2O3/c1-31(2,3)41-29(39)13-15-38(5)30(40)21-7-8-24-20(16-21)6-9-26-25(24)12-14-32(4)27(10-11-28(26)32)22-17-23(19-37-18-22)33(34,35)36/h7-8,16-19,25-28H,6,9-15H2,1-5H3/t25-,26-,27-,28+,32-/m1/s1. The second-order valence-corrected chi connectivity index (χ2v) is 13.6. The summed E-state index contributed by atoms with van der Waals surface area (Å²) in [4.78, 5) is 30.8. The zero-order chi connectivity index (χ0) is 29.7. The Morgan fingerprint density at radius 2 is 1.83 bits per heavy atom. The summed E-state index contributed by atoms with van der Waals surface area (Å²) in [5.41, 5.74) is 2.63. The van der Waals surface area contributed by atoms with Gasteiger partial charge in [0.25, 0.3) is 5.91 Å². The molecule has 2 fully saturated rings. The van der Waals surface area contributed by atoms with E-state index in [1.807, 2.05) is 32.9 Å². The number of aromatic nitrogens is 1. The van der Waals surface area contributed by atoms with Crippen molar-refractivity contribution in [3.63, 3.8) is 0 Å². The highest BCUT2D eigenvalue weighted by molar-refractivity contribution is 5.94. The first-order chi connectivity index (χ1) is 19.2. The van der Waals surface area contributed by atoms with Gasteiger partial charge in [-0.3, -0.25) is 14.6 Å². The fraction of sp³-hybridized carbons (Fsp3) is 0.606. The molecule has 0 bridgehead atoms. The van der Waals surface area contributed by atoms with E-state index in [1.165, 1.54) is 17.2 Å². The molecule has 2 aromatic rings. The third-order valence-corrected chi connectivity index (χ3v) is 9.88. The van der Waals surface area contributed by atoms with Gasteiger partial charge in [-0.2, -0.15) is 13.2 Å². The van der Waals surface area contributed by atoms with E-state index in [2.05, 4.69) is 18.0 Å². The van der Waals surface area contributed by atoms with Gasteiger partial charge in [0.05, 0.1) is 12.0 Å². The van der Waals surface area contributed by atoms with E-state index in [1.54, 1.807) is 18.1 Å². The molecule has 1 heterocycles. The predicted molar refractivity (Wildman–Crippen MR) is 150 cm³/mol. The van der Waals surface area contributed by atoms with E-state index in [4.69, 9.17) is 4.74 Å². The van der Waals surface area contributed by atoms with Gasteiger partial charge in [-0.1, -0.05) is 13.0 Å². The number of fused-ring (bicyclic) bond motifs is 5. The first-order valence-electron chi connectivity index (χ1n) is 14.8. The molecule has 8 heteroatoms. The summed E-state index contributed by atoms with van der Waals surface area (Å²) in [7, 11) is 1.71. The number of benzene rings is 1. The largest absolute Gasteiger partial charge is 0.460 e. The van der Waals surface area contributed by atoms with Gasteiger partial charge in [-0.25, -0.2) is 0 Å². The van der Waals surface area contributed by atoms with E-state index >= 15 is 0 Å². The molecule has 3 aliphatic rings. The molecule has 1 amide bonds. The fourth-order valence-corrected chi connectivity index (χ4v) is 8.04. The van der Waals surface area contributed by atoms with Crippen LogP contribution in [-0.2, 0) is 22.1 Å². The molecular weight excluding hydrogens is 529 g/mol. The SMILES string of the molecule is CN(CCC(=O)OC(C)(C)C)C(=O)c1ccc2c(c1)CC[C@@H]1[C@@H]2CC[C@]2(C)[C@@H](c3cncc(C(F)(F)F)c3)CC[C@@H]12. The number of carbonyl (C=O) groups is 2. The van der Waals surface area contributed by atoms with Gasteiger partial charge in [0.2, 0.25) is 0 Å². The molecule has 41 heavy (non-hydrogen) atoms. The maximum absolute atomic E-state index is 13.4. The van der Waals surface area contributed by atoms with Crippen LogP contribution in [0.15, 0.2) is 36.7 Å². The molecule has 5 nitrogen and oxygen atoms in total. The van der Waals surface area contributed by atoms with Gasteiger partial charge in [0.1, 0.15) is 5.60 Å². The molecule has 0 unspecified atom stereocenters. The molecule has 1 aromatic carbocycles. The quantitative estimate of drug-likeness (QED) is 0.349. The predicted octanol–water partition coefficient (Wildman–Crippen LogP) is 7.54. The Balaban J connectivity index is 1.28. The average molecular weight is 571 g/mol. The van der Waals surface area contributed by atoms with Crippen LogP contribution in [0.3, 0.4) is 0 Å². The number of pyridine rings is 1. The number of rotatable bonds is 5. The van der Waals surface area contributed by atoms with Crippen molar-refractivity contribution >= 4 is 11.9 Å². The van der Waals surface area contributed by atoms with Crippen molar-refractivity contribution in [1.82, 2.24) is 9.88 Å². The summed E-state index contributed by atoms with van der Waals surface area (Å²) >= 11 is 0. The van der Waals surface area contributed by atoms with Gasteiger partial charge < -0.3 is 9.64 Å². The number of carbonyl (C=O) groups excluding carboxylic acids is 2. The van der Waals surface area contributed by atoms with E-state index in [-0.39, 0.29) is 29.6 Å². The van der Waals surface area contributed by atoms with Gasteiger partial charge in [-0.05, 0) is 123 Å². The minimum absolute atomic E-state index is 0.0443. The number of amides is 1. The zero-order valence-corrected chi connectivity index (χ0v) is 24.7. The lowest BCUT2D eigenvalue weighted by molar-refractivity contribution is -0.155. The third-order valence-electron chi connectivity index (χ3n) is 9.88. The second kappa shape index (κ2) is 10.7. The number of aryl methyl sites for hydroxylation is 1. The second-order valence-electron chi connectivity index (χ2n) is 13.6. The van der Waals surface area contributed by atoms with Crippen molar-refractivity contribution in [2.24, 2.45) is 17.3 Å². The Morgan fingerprint density at radius 3 is 2.54 bits per heavy atom. The number of alkyl halides is 3. The average Bonchev–Trinajstić information content (AvgIpc) is 3.26. The summed E-state index contributed by atoms with van der Waals surface area (Å²) < 4.78 is 45.6. The summed E-state index contributed by atoms with van der Waals surface area (Å²) in [6.07, 6.45) is 4.11. The fourth-order valence-electron chi connectivity index (χ4n) is 8.04. The normalized spacial score (nSPS) is 27.4. The summed E-state index contributed by atoms with van der Waals surface area (Å²) in [6, 6.07) is 7.37. The van der Waals surface area contributed by atoms with Gasteiger partial charge in [0, 0.05) is 31.5 Å². The number of esters is 1. The maximum atomic E-state index is 13.4. The zero-order valence-electron chi connectivity index (χ0n) is 24.7. The van der Waals surface area contributed by atoms with Crippen molar-refractivity contribution in [2.75, 3.05) is 13.6 Å². The smallest absolute Gasteiger partial charge is 0.417 e. The Kier molecular flexibility index (Phi) is 7.75. The van der Waals surface area contributed by atoms with E-state index in [0.717, 1.165) is 50.3 Å². The van der Waals surface area contributed by atoms with Crippen LogP contribution in [0.1, 0.15) is 111 Å². The number of hydrogen-bond donors (Lipinski definition) is 0. The number of nitrogens with zero attached hydrogens (tertiary/aromatic N) is 2. The topological polar surface area (TPSA) is 59.5 Å². The highest BCUT2D eigenvalue weighted by atomic mass is 19.4. The van der Waals surface area contributed by atoms with Gasteiger partial charge in [-0.15, -0.1) is 0 Å². The van der Waals surface area contributed by atoms with Crippen LogP contribution in [0.25, 0.3) is 0 Å². The monoisotopic (exact) mass is 570 g/mol. The van der Waals surface area contributed by atoms with Crippen molar-refractivity contribution in [3.8, 4) is 0 Å². The van der Waals surface area contributed by atoms with Crippen LogP contribution >= 0.6 is 0 Å². The van der Waals surface area contributed by atoms with Crippen molar-refractivity contribution in [3.05, 3.63) is 64.5 Å². The molecule has 2 saturated carbocycles. The van der Waals surface area contributed by atoms with Crippen molar-refractivity contribution in [2.45, 2.75) is 96.3 Å². The molecule has 0 radical (unpaired) electrons. The summed E-state index contributed by atoms with van der Waals surface area (Å²) in [6.45, 7) is 8.05. The first kappa shape index (κ1) is 29.6. The van der Waals surface area contributed by atoms with Gasteiger partial charge >= 0.3 is 12.1 Å². The van der Waals surface area contributed by atoms with Crippen molar-refractivity contribution in [1.29, 1.82) is 0 Å². The third kappa shape index (κ3) is 5.89. The van der Waals surface area contributed by atoms with Crippen LogP contribution in [0, 0.1) is 17.3 Å².